The van der Waals surface area contributed by atoms with Crippen LogP contribution in [0, 0.1) is 11.8 Å². The molecule has 0 aliphatic carbocycles. The Morgan fingerprint density at radius 1 is 1.38 bits per heavy atom. The number of aliphatic hydroxyl groups is 1. The zero-order chi connectivity index (χ0) is 11.4. The molecule has 1 aromatic carbocycles. The van der Waals surface area contributed by atoms with Crippen LogP contribution in [-0.4, -0.2) is 10.1 Å². The van der Waals surface area contributed by atoms with Gasteiger partial charge in [0.25, 0.3) is 0 Å². The topological polar surface area (TPSA) is 33.1 Å². The molecule has 0 saturated heterocycles. The first-order chi connectivity index (χ1) is 7.81. The van der Waals surface area contributed by atoms with Gasteiger partial charge in [-0.15, -0.1) is 11.8 Å². The standard InChI is InChI=1S/C14H13NO/c1-2-3-6-14(16)12-7-8-13-11(10-12)5-4-9-15-13/h4-5,7-10,14,16H,6H2,1H3. The number of aromatic nitrogens is 1. The summed E-state index contributed by atoms with van der Waals surface area (Å²) < 4.78 is 0. The molecule has 1 heterocycles. The van der Waals surface area contributed by atoms with Crippen molar-refractivity contribution in [3.63, 3.8) is 0 Å². The van der Waals surface area contributed by atoms with Gasteiger partial charge in [-0.3, -0.25) is 4.98 Å². The van der Waals surface area contributed by atoms with Crippen LogP contribution in [0.3, 0.4) is 0 Å². The Morgan fingerprint density at radius 3 is 3.06 bits per heavy atom. The highest BCUT2D eigenvalue weighted by Gasteiger charge is 2.06. The highest BCUT2D eigenvalue weighted by atomic mass is 16.3. The summed E-state index contributed by atoms with van der Waals surface area (Å²) in [7, 11) is 0. The summed E-state index contributed by atoms with van der Waals surface area (Å²) in [5, 5.41) is 10.9. The lowest BCUT2D eigenvalue weighted by atomic mass is 10.0. The van der Waals surface area contributed by atoms with Crippen LogP contribution in [0.2, 0.25) is 0 Å². The Balaban J connectivity index is 2.34. The Hall–Kier alpha value is -1.85. The molecule has 2 aromatic rings. The lowest BCUT2D eigenvalue weighted by molar-refractivity contribution is 0.184. The quantitative estimate of drug-likeness (QED) is 0.775. The van der Waals surface area contributed by atoms with E-state index in [2.05, 4.69) is 16.8 Å². The molecule has 0 amide bonds. The molecule has 1 N–H and O–H groups in total. The smallest absolute Gasteiger partial charge is 0.0899 e. The van der Waals surface area contributed by atoms with E-state index in [-0.39, 0.29) is 0 Å². The van der Waals surface area contributed by atoms with Gasteiger partial charge < -0.3 is 5.11 Å². The van der Waals surface area contributed by atoms with Crippen LogP contribution in [-0.2, 0) is 0 Å². The van der Waals surface area contributed by atoms with E-state index in [0.717, 1.165) is 16.5 Å². The van der Waals surface area contributed by atoms with Crippen molar-refractivity contribution in [2.24, 2.45) is 0 Å². The molecule has 1 atom stereocenters. The van der Waals surface area contributed by atoms with Crippen molar-refractivity contribution in [2.75, 3.05) is 0 Å². The van der Waals surface area contributed by atoms with Crippen molar-refractivity contribution >= 4 is 10.9 Å². The Kier molecular flexibility index (Phi) is 3.19. The van der Waals surface area contributed by atoms with Gasteiger partial charge in [0.2, 0.25) is 0 Å². The molecule has 16 heavy (non-hydrogen) atoms. The summed E-state index contributed by atoms with van der Waals surface area (Å²) in [6.45, 7) is 1.77. The van der Waals surface area contributed by atoms with Gasteiger partial charge in [-0.2, -0.15) is 0 Å². The minimum absolute atomic E-state index is 0.474. The highest BCUT2D eigenvalue weighted by Crippen LogP contribution is 2.20. The molecule has 80 valence electrons. The molecule has 2 heteroatoms. The third-order valence-corrected chi connectivity index (χ3v) is 2.48. The fourth-order valence-corrected chi connectivity index (χ4v) is 1.62. The molecule has 0 fully saturated rings. The molecule has 0 radical (unpaired) electrons. The number of hydrogen-bond acceptors (Lipinski definition) is 2. The molecule has 0 spiro atoms. The fraction of sp³-hybridized carbons (Fsp3) is 0.214. The number of hydrogen-bond donors (Lipinski definition) is 1. The van der Waals surface area contributed by atoms with Gasteiger partial charge in [0.15, 0.2) is 0 Å². The highest BCUT2D eigenvalue weighted by molar-refractivity contribution is 5.79. The van der Waals surface area contributed by atoms with Gasteiger partial charge in [0, 0.05) is 18.0 Å². The van der Waals surface area contributed by atoms with Crippen LogP contribution in [0.15, 0.2) is 36.5 Å². The van der Waals surface area contributed by atoms with Crippen molar-refractivity contribution < 1.29 is 5.11 Å². The summed E-state index contributed by atoms with van der Waals surface area (Å²) in [5.41, 5.74) is 1.84. The Bertz CT molecular complexity index is 551. The van der Waals surface area contributed by atoms with E-state index in [4.69, 9.17) is 0 Å². The molecule has 1 aromatic heterocycles. The molecule has 0 saturated carbocycles. The molecule has 2 rings (SSSR count). The van der Waals surface area contributed by atoms with Gasteiger partial charge in [-0.1, -0.05) is 12.1 Å². The predicted octanol–water partition coefficient (Wildman–Crippen LogP) is 2.68. The maximum atomic E-state index is 9.89. The molecule has 0 aliphatic heterocycles. The average molecular weight is 211 g/mol. The second-order valence-corrected chi connectivity index (χ2v) is 3.60. The van der Waals surface area contributed by atoms with Crippen LogP contribution in [0.4, 0.5) is 0 Å². The van der Waals surface area contributed by atoms with Gasteiger partial charge in [-0.05, 0) is 30.7 Å². The monoisotopic (exact) mass is 211 g/mol. The maximum absolute atomic E-state index is 9.89. The van der Waals surface area contributed by atoms with E-state index in [9.17, 15) is 5.11 Å². The second-order valence-electron chi connectivity index (χ2n) is 3.60. The van der Waals surface area contributed by atoms with Crippen LogP contribution >= 0.6 is 0 Å². The van der Waals surface area contributed by atoms with E-state index in [0.29, 0.717) is 6.42 Å². The summed E-state index contributed by atoms with van der Waals surface area (Å²) in [6, 6.07) is 9.67. The van der Waals surface area contributed by atoms with Crippen LogP contribution in [0.5, 0.6) is 0 Å². The average Bonchev–Trinajstić information content (AvgIpc) is 2.35. The van der Waals surface area contributed by atoms with Crippen LogP contribution in [0.1, 0.15) is 25.0 Å². The molecular formula is C14H13NO. The predicted molar refractivity (Wildman–Crippen MR) is 64.8 cm³/mol. The lowest BCUT2D eigenvalue weighted by Crippen LogP contribution is -1.95. The first-order valence-electron chi connectivity index (χ1n) is 5.23. The second kappa shape index (κ2) is 4.78. The lowest BCUT2D eigenvalue weighted by Gasteiger charge is -2.08. The van der Waals surface area contributed by atoms with Gasteiger partial charge in [0.05, 0.1) is 11.6 Å². The maximum Gasteiger partial charge on any atom is 0.0899 e. The van der Waals surface area contributed by atoms with Crippen molar-refractivity contribution in [2.45, 2.75) is 19.4 Å². The number of benzene rings is 1. The molecular weight excluding hydrogens is 198 g/mol. The third kappa shape index (κ3) is 2.21. The molecule has 0 aliphatic rings. The SMILES string of the molecule is CC#CCC(O)c1ccc2ncccc2c1. The van der Waals surface area contributed by atoms with E-state index >= 15 is 0 Å². The first-order valence-corrected chi connectivity index (χ1v) is 5.23. The number of rotatable bonds is 2. The Labute approximate surface area is 95.0 Å². The van der Waals surface area contributed by atoms with E-state index in [1.165, 1.54) is 0 Å². The molecule has 2 nitrogen and oxygen atoms in total. The first kappa shape index (κ1) is 10.7. The summed E-state index contributed by atoms with van der Waals surface area (Å²) in [6.07, 6.45) is 1.72. The largest absolute Gasteiger partial charge is 0.387 e. The van der Waals surface area contributed by atoms with Crippen LogP contribution in [0.25, 0.3) is 10.9 Å². The van der Waals surface area contributed by atoms with Crippen molar-refractivity contribution in [1.29, 1.82) is 0 Å². The Morgan fingerprint density at radius 2 is 2.25 bits per heavy atom. The minimum Gasteiger partial charge on any atom is -0.387 e. The minimum atomic E-state index is -0.517. The number of pyridine rings is 1. The van der Waals surface area contributed by atoms with E-state index in [1.807, 2.05) is 30.3 Å². The number of nitrogens with zero attached hydrogens (tertiary/aromatic N) is 1. The normalized spacial score (nSPS) is 11.9. The number of fused-ring (bicyclic) bond motifs is 1. The van der Waals surface area contributed by atoms with E-state index in [1.54, 1.807) is 13.1 Å². The molecule has 0 bridgehead atoms. The zero-order valence-electron chi connectivity index (χ0n) is 9.14. The van der Waals surface area contributed by atoms with Crippen molar-refractivity contribution in [3.05, 3.63) is 42.1 Å². The van der Waals surface area contributed by atoms with Crippen LogP contribution < -0.4 is 0 Å². The zero-order valence-corrected chi connectivity index (χ0v) is 9.14. The van der Waals surface area contributed by atoms with Gasteiger partial charge >= 0.3 is 0 Å². The fourth-order valence-electron chi connectivity index (χ4n) is 1.62. The summed E-state index contributed by atoms with van der Waals surface area (Å²) in [5.74, 6) is 5.66. The van der Waals surface area contributed by atoms with Crippen molar-refractivity contribution in [3.8, 4) is 11.8 Å². The summed E-state index contributed by atoms with van der Waals surface area (Å²) in [4.78, 5) is 4.23. The van der Waals surface area contributed by atoms with Gasteiger partial charge in [0.1, 0.15) is 0 Å². The van der Waals surface area contributed by atoms with Crippen molar-refractivity contribution in [1.82, 2.24) is 4.98 Å². The third-order valence-electron chi connectivity index (χ3n) is 2.48. The molecule has 1 unspecified atom stereocenters. The van der Waals surface area contributed by atoms with E-state index < -0.39 is 6.10 Å². The number of aliphatic hydroxyl groups excluding tert-OH is 1. The summed E-state index contributed by atoms with van der Waals surface area (Å²) >= 11 is 0. The van der Waals surface area contributed by atoms with Gasteiger partial charge in [-0.25, -0.2) is 0 Å².